The summed E-state index contributed by atoms with van der Waals surface area (Å²) in [6.45, 7) is 0. The summed E-state index contributed by atoms with van der Waals surface area (Å²) in [5.74, 6) is 5.48. The highest BCUT2D eigenvalue weighted by atomic mass is 16.3. The van der Waals surface area contributed by atoms with E-state index in [2.05, 4.69) is 0 Å². The number of hydrogen-bond acceptors (Lipinski definition) is 1. The monoisotopic (exact) mass is 164 g/mol. The SMILES string of the molecule is O[C@H]1[C@H]2C[C@@H]3C[C@H](C2)[C@H]2[C@@H](C3)[C@@H]12. The van der Waals surface area contributed by atoms with Crippen LogP contribution in [0.4, 0.5) is 0 Å². The minimum absolute atomic E-state index is 0.113. The van der Waals surface area contributed by atoms with Crippen molar-refractivity contribution in [2.75, 3.05) is 0 Å². The highest BCUT2D eigenvalue weighted by molar-refractivity contribution is 5.15. The van der Waals surface area contributed by atoms with E-state index in [1.54, 1.807) is 0 Å². The molecule has 1 nitrogen and oxygen atoms in total. The number of aliphatic hydroxyl groups is 1. The third-order valence-corrected chi connectivity index (χ3v) is 5.20. The summed E-state index contributed by atoms with van der Waals surface area (Å²) in [5, 5.41) is 10.0. The van der Waals surface area contributed by atoms with Crippen LogP contribution in [0, 0.1) is 35.5 Å². The van der Waals surface area contributed by atoms with Gasteiger partial charge in [0.25, 0.3) is 0 Å². The molecule has 0 aromatic heterocycles. The van der Waals surface area contributed by atoms with Gasteiger partial charge in [0.15, 0.2) is 0 Å². The number of rotatable bonds is 0. The topological polar surface area (TPSA) is 20.2 Å². The molecule has 4 aliphatic rings. The Labute approximate surface area is 73.2 Å². The molecule has 0 amide bonds. The molecule has 0 aromatic rings. The fourth-order valence-electron chi connectivity index (χ4n) is 4.91. The van der Waals surface area contributed by atoms with E-state index in [4.69, 9.17) is 0 Å². The van der Waals surface area contributed by atoms with Crippen molar-refractivity contribution in [1.82, 2.24) is 0 Å². The minimum atomic E-state index is 0.113. The largest absolute Gasteiger partial charge is 0.393 e. The molecule has 4 saturated carbocycles. The minimum Gasteiger partial charge on any atom is -0.393 e. The van der Waals surface area contributed by atoms with Crippen molar-refractivity contribution >= 4 is 0 Å². The van der Waals surface area contributed by atoms with Gasteiger partial charge in [0.1, 0.15) is 0 Å². The Bertz CT molecular complexity index is 231. The molecular formula is C11H16O. The van der Waals surface area contributed by atoms with Gasteiger partial charge in [-0.05, 0) is 61.2 Å². The molecule has 0 unspecified atom stereocenters. The van der Waals surface area contributed by atoms with Gasteiger partial charge in [-0.2, -0.15) is 0 Å². The number of aliphatic hydroxyl groups excluding tert-OH is 1. The molecule has 0 aliphatic heterocycles. The summed E-state index contributed by atoms with van der Waals surface area (Å²) in [6, 6.07) is 0. The third-order valence-electron chi connectivity index (χ3n) is 5.20. The fraction of sp³-hybridized carbons (Fsp3) is 1.00. The summed E-state index contributed by atoms with van der Waals surface area (Å²) in [4.78, 5) is 0. The van der Waals surface area contributed by atoms with E-state index in [9.17, 15) is 5.11 Å². The highest BCUT2D eigenvalue weighted by Crippen LogP contribution is 2.70. The van der Waals surface area contributed by atoms with Crippen molar-refractivity contribution in [3.05, 3.63) is 0 Å². The lowest BCUT2D eigenvalue weighted by Gasteiger charge is -2.42. The Kier molecular flexibility index (Phi) is 0.934. The maximum Gasteiger partial charge on any atom is 0.0602 e. The van der Waals surface area contributed by atoms with Gasteiger partial charge < -0.3 is 5.11 Å². The molecule has 0 saturated heterocycles. The van der Waals surface area contributed by atoms with E-state index in [0.29, 0.717) is 5.92 Å². The Morgan fingerprint density at radius 3 is 2.58 bits per heavy atom. The van der Waals surface area contributed by atoms with Crippen LogP contribution >= 0.6 is 0 Å². The van der Waals surface area contributed by atoms with E-state index < -0.39 is 0 Å². The summed E-state index contributed by atoms with van der Waals surface area (Å²) < 4.78 is 0. The highest BCUT2D eigenvalue weighted by Gasteiger charge is 2.66. The fourth-order valence-corrected chi connectivity index (χ4v) is 4.91. The predicted octanol–water partition coefficient (Wildman–Crippen LogP) is 1.66. The quantitative estimate of drug-likeness (QED) is 0.577. The number of hydrogen-bond donors (Lipinski definition) is 1. The standard InChI is InChI=1S/C11H16O/c12-11-7-2-5-1-6(4-7)9-8(3-5)10(9)11/h5-12H,1-4H2/t5-,6+,7-,8+,9-,10+,11-/m0/s1. The molecule has 66 valence electrons. The normalized spacial score (nSPS) is 71.2. The zero-order valence-corrected chi connectivity index (χ0v) is 7.32. The van der Waals surface area contributed by atoms with E-state index >= 15 is 0 Å². The van der Waals surface area contributed by atoms with Gasteiger partial charge in [-0.25, -0.2) is 0 Å². The van der Waals surface area contributed by atoms with Crippen LogP contribution in [0.25, 0.3) is 0 Å². The van der Waals surface area contributed by atoms with Gasteiger partial charge in [0.05, 0.1) is 6.10 Å². The molecule has 12 heavy (non-hydrogen) atoms. The first-order chi connectivity index (χ1) is 5.84. The van der Waals surface area contributed by atoms with Gasteiger partial charge in [0.2, 0.25) is 0 Å². The smallest absolute Gasteiger partial charge is 0.0602 e. The molecular weight excluding hydrogens is 148 g/mol. The van der Waals surface area contributed by atoms with Crippen LogP contribution in [0.5, 0.6) is 0 Å². The van der Waals surface area contributed by atoms with E-state index in [1.165, 1.54) is 25.7 Å². The lowest BCUT2D eigenvalue weighted by molar-refractivity contribution is -0.00328. The molecule has 4 fully saturated rings. The van der Waals surface area contributed by atoms with Crippen LogP contribution in [0.1, 0.15) is 25.7 Å². The average molecular weight is 164 g/mol. The Morgan fingerprint density at radius 2 is 1.67 bits per heavy atom. The molecule has 0 heterocycles. The first-order valence-electron chi connectivity index (χ1n) is 5.52. The van der Waals surface area contributed by atoms with Crippen molar-refractivity contribution in [2.24, 2.45) is 35.5 Å². The number of fused-ring (bicyclic) bond motifs is 3. The lowest BCUT2D eigenvalue weighted by atomic mass is 9.65. The van der Waals surface area contributed by atoms with E-state index in [1.807, 2.05) is 0 Å². The Balaban J connectivity index is 1.81. The molecule has 3 bridgehead atoms. The zero-order chi connectivity index (χ0) is 7.87. The van der Waals surface area contributed by atoms with Crippen molar-refractivity contribution in [1.29, 1.82) is 0 Å². The van der Waals surface area contributed by atoms with E-state index in [0.717, 1.165) is 29.6 Å². The lowest BCUT2D eigenvalue weighted by Crippen LogP contribution is -2.37. The van der Waals surface area contributed by atoms with Crippen LogP contribution in [0.15, 0.2) is 0 Å². The van der Waals surface area contributed by atoms with Gasteiger partial charge in [0, 0.05) is 0 Å². The van der Waals surface area contributed by atoms with Crippen molar-refractivity contribution in [3.63, 3.8) is 0 Å². The van der Waals surface area contributed by atoms with Gasteiger partial charge in [-0.3, -0.25) is 0 Å². The van der Waals surface area contributed by atoms with Gasteiger partial charge in [-0.15, -0.1) is 0 Å². The second-order valence-corrected chi connectivity index (χ2v) is 5.64. The molecule has 7 atom stereocenters. The predicted molar refractivity (Wildman–Crippen MR) is 45.4 cm³/mol. The first kappa shape index (κ1) is 6.42. The molecule has 0 aromatic carbocycles. The molecule has 4 aliphatic carbocycles. The summed E-state index contributed by atoms with van der Waals surface area (Å²) in [5.41, 5.74) is 0. The van der Waals surface area contributed by atoms with Crippen LogP contribution in [-0.4, -0.2) is 11.2 Å². The molecule has 1 heteroatoms. The first-order valence-corrected chi connectivity index (χ1v) is 5.52. The van der Waals surface area contributed by atoms with Gasteiger partial charge >= 0.3 is 0 Å². The second kappa shape index (κ2) is 1.75. The summed E-state index contributed by atoms with van der Waals surface area (Å²) in [7, 11) is 0. The van der Waals surface area contributed by atoms with Crippen LogP contribution in [-0.2, 0) is 0 Å². The Hall–Kier alpha value is -0.0400. The Morgan fingerprint density at radius 1 is 0.833 bits per heavy atom. The average Bonchev–Trinajstić information content (AvgIpc) is 2.76. The van der Waals surface area contributed by atoms with Crippen molar-refractivity contribution in [3.8, 4) is 0 Å². The molecule has 0 radical (unpaired) electrons. The van der Waals surface area contributed by atoms with Crippen molar-refractivity contribution < 1.29 is 5.11 Å². The van der Waals surface area contributed by atoms with Crippen LogP contribution in [0.3, 0.4) is 0 Å². The molecule has 1 N–H and O–H groups in total. The summed E-state index contributed by atoms with van der Waals surface area (Å²) in [6.07, 6.45) is 5.83. The zero-order valence-electron chi connectivity index (χ0n) is 7.32. The summed E-state index contributed by atoms with van der Waals surface area (Å²) >= 11 is 0. The maximum atomic E-state index is 10.0. The van der Waals surface area contributed by atoms with Crippen molar-refractivity contribution in [2.45, 2.75) is 31.8 Å². The molecule has 4 rings (SSSR count). The van der Waals surface area contributed by atoms with Crippen LogP contribution in [0.2, 0.25) is 0 Å². The van der Waals surface area contributed by atoms with Gasteiger partial charge in [-0.1, -0.05) is 0 Å². The third kappa shape index (κ3) is 0.555. The maximum absolute atomic E-state index is 10.0. The van der Waals surface area contributed by atoms with E-state index in [-0.39, 0.29) is 6.10 Å². The van der Waals surface area contributed by atoms with Crippen LogP contribution < -0.4 is 0 Å². The second-order valence-electron chi connectivity index (χ2n) is 5.64. The molecule has 0 spiro atoms.